The van der Waals surface area contributed by atoms with Gasteiger partial charge in [-0.1, -0.05) is 44.2 Å². The molecule has 1 unspecified atom stereocenters. The molecular weight excluding hydrogens is 464 g/mol. The van der Waals surface area contributed by atoms with Crippen LogP contribution in [0, 0.1) is 0 Å². The van der Waals surface area contributed by atoms with Crippen molar-refractivity contribution in [3.63, 3.8) is 0 Å². The number of aromatic nitrogens is 1. The van der Waals surface area contributed by atoms with E-state index in [1.54, 1.807) is 29.2 Å². The highest BCUT2D eigenvalue weighted by Crippen LogP contribution is 2.45. The van der Waals surface area contributed by atoms with Crippen molar-refractivity contribution in [2.45, 2.75) is 38.6 Å². The number of fused-ring (bicyclic) bond motifs is 5. The van der Waals surface area contributed by atoms with Crippen LogP contribution >= 0.6 is 0 Å². The number of hydrogen-bond acceptors (Lipinski definition) is 3. The average Bonchev–Trinajstić information content (AvgIpc) is 3.38. The first-order valence-corrected chi connectivity index (χ1v) is 12.6. The third-order valence-electron chi connectivity index (χ3n) is 7.69. The topological polar surface area (TPSA) is 85.5 Å². The third-order valence-corrected chi connectivity index (χ3v) is 7.69. The van der Waals surface area contributed by atoms with E-state index in [0.717, 1.165) is 22.2 Å². The molecule has 37 heavy (non-hydrogen) atoms. The van der Waals surface area contributed by atoms with Crippen LogP contribution in [-0.4, -0.2) is 34.3 Å². The van der Waals surface area contributed by atoms with Gasteiger partial charge in [0.1, 0.15) is 0 Å². The fourth-order valence-electron chi connectivity index (χ4n) is 5.54. The number of hydrogen-bond donors (Lipinski definition) is 2. The predicted octanol–water partition coefficient (Wildman–Crippen LogP) is 5.78. The number of anilines is 2. The number of rotatable bonds is 4. The van der Waals surface area contributed by atoms with Crippen LogP contribution in [0.1, 0.15) is 53.9 Å². The normalized spacial score (nSPS) is 18.9. The highest BCUT2D eigenvalue weighted by atomic mass is 16.2. The third kappa shape index (κ3) is 3.45. The number of carbonyl (C=O) groups is 3. The van der Waals surface area contributed by atoms with Gasteiger partial charge in [0.05, 0.1) is 11.4 Å². The number of nitrogens with zero attached hydrogens (tertiary/aromatic N) is 2. The van der Waals surface area contributed by atoms with E-state index in [-0.39, 0.29) is 17.8 Å². The summed E-state index contributed by atoms with van der Waals surface area (Å²) in [6.45, 7) is 6.52. The van der Waals surface area contributed by atoms with E-state index in [0.29, 0.717) is 35.8 Å². The molecular formula is C30H28N4O3. The van der Waals surface area contributed by atoms with E-state index >= 15 is 0 Å². The van der Waals surface area contributed by atoms with Gasteiger partial charge in [-0.3, -0.25) is 9.59 Å². The molecule has 7 heteroatoms. The fourth-order valence-corrected chi connectivity index (χ4v) is 5.54. The van der Waals surface area contributed by atoms with Gasteiger partial charge in [0.25, 0.3) is 11.8 Å². The maximum atomic E-state index is 13.8. The van der Waals surface area contributed by atoms with Crippen LogP contribution in [0.5, 0.6) is 0 Å². The van der Waals surface area contributed by atoms with E-state index in [2.05, 4.69) is 24.1 Å². The Morgan fingerprint density at radius 1 is 0.973 bits per heavy atom. The van der Waals surface area contributed by atoms with Crippen LogP contribution < -0.4 is 10.2 Å². The highest BCUT2D eigenvalue weighted by molar-refractivity contribution is 6.23. The van der Waals surface area contributed by atoms with Crippen LogP contribution in [0.2, 0.25) is 0 Å². The Morgan fingerprint density at radius 2 is 1.68 bits per heavy atom. The molecule has 2 aliphatic rings. The molecule has 1 fully saturated rings. The van der Waals surface area contributed by atoms with Crippen molar-refractivity contribution >= 4 is 40.1 Å². The number of amides is 4. The number of imide groups is 1. The van der Waals surface area contributed by atoms with E-state index in [1.165, 1.54) is 10.5 Å². The van der Waals surface area contributed by atoms with E-state index in [1.807, 2.05) is 55.5 Å². The molecule has 2 N–H and O–H groups in total. The molecule has 0 bridgehead atoms. The SMILES string of the molecule is CC(C)c1ccc(NC(=O)c2ccc(N3C(=O)N4CCc5c([nH]c6ccccc56)C4(C)C3=O)cc2)cc1. The molecule has 3 heterocycles. The van der Waals surface area contributed by atoms with Crippen LogP contribution in [0.3, 0.4) is 0 Å². The fraction of sp³-hybridized carbons (Fsp3) is 0.233. The van der Waals surface area contributed by atoms with Crippen LogP contribution in [0.4, 0.5) is 16.2 Å². The Balaban J connectivity index is 1.26. The van der Waals surface area contributed by atoms with Crippen molar-refractivity contribution in [1.29, 1.82) is 0 Å². The number of H-pyrrole nitrogens is 1. The number of para-hydroxylation sites is 1. The lowest BCUT2D eigenvalue weighted by atomic mass is 9.87. The first-order chi connectivity index (χ1) is 17.8. The summed E-state index contributed by atoms with van der Waals surface area (Å²) in [6, 6.07) is 22.0. The summed E-state index contributed by atoms with van der Waals surface area (Å²) in [4.78, 5) is 46.4. The van der Waals surface area contributed by atoms with E-state index < -0.39 is 5.54 Å². The van der Waals surface area contributed by atoms with Gasteiger partial charge in [-0.05, 0) is 72.9 Å². The minimum atomic E-state index is -1.11. The summed E-state index contributed by atoms with van der Waals surface area (Å²) in [5.74, 6) is -0.138. The second-order valence-electron chi connectivity index (χ2n) is 10.2. The molecule has 0 aliphatic carbocycles. The smallest absolute Gasteiger partial charge is 0.332 e. The standard InChI is InChI=1S/C30H28N4O3/c1-18(2)19-8-12-21(13-9-19)31-27(35)20-10-14-22(15-11-20)34-28(36)30(3)26-24(16-17-33(30)29(34)37)23-6-4-5-7-25(23)32-26/h4-15,18,32H,16-17H2,1-3H3,(H,31,35). The Hall–Kier alpha value is -4.39. The largest absolute Gasteiger partial charge is 0.356 e. The Bertz CT molecular complexity index is 1550. The molecule has 186 valence electrons. The van der Waals surface area contributed by atoms with Crippen molar-refractivity contribution in [2.75, 3.05) is 16.8 Å². The second kappa shape index (κ2) is 8.34. The van der Waals surface area contributed by atoms with Gasteiger partial charge >= 0.3 is 6.03 Å². The minimum Gasteiger partial charge on any atom is -0.356 e. The molecule has 4 amide bonds. The molecule has 3 aromatic carbocycles. The Kier molecular flexibility index (Phi) is 5.19. The summed E-state index contributed by atoms with van der Waals surface area (Å²) in [6.07, 6.45) is 0.680. The first-order valence-electron chi connectivity index (χ1n) is 12.6. The van der Waals surface area contributed by atoms with Gasteiger partial charge < -0.3 is 15.2 Å². The lowest BCUT2D eigenvalue weighted by Gasteiger charge is -2.35. The second-order valence-corrected chi connectivity index (χ2v) is 10.2. The van der Waals surface area contributed by atoms with Crippen molar-refractivity contribution in [3.05, 3.63) is 95.2 Å². The predicted molar refractivity (Wildman–Crippen MR) is 144 cm³/mol. The number of aromatic amines is 1. The minimum absolute atomic E-state index is 0.255. The lowest BCUT2D eigenvalue weighted by molar-refractivity contribution is -0.125. The van der Waals surface area contributed by atoms with Gasteiger partial charge in [-0.2, -0.15) is 0 Å². The van der Waals surface area contributed by atoms with E-state index in [9.17, 15) is 14.4 Å². The molecule has 4 aromatic rings. The molecule has 2 aliphatic heterocycles. The van der Waals surface area contributed by atoms with Crippen LogP contribution in [-0.2, 0) is 16.8 Å². The molecule has 0 saturated carbocycles. The van der Waals surface area contributed by atoms with Crippen LogP contribution in [0.25, 0.3) is 10.9 Å². The maximum absolute atomic E-state index is 13.8. The number of benzene rings is 3. The summed E-state index contributed by atoms with van der Waals surface area (Å²) in [5, 5.41) is 3.99. The molecule has 1 saturated heterocycles. The van der Waals surface area contributed by atoms with Crippen LogP contribution in [0.15, 0.2) is 72.8 Å². The summed E-state index contributed by atoms with van der Waals surface area (Å²) in [7, 11) is 0. The summed E-state index contributed by atoms with van der Waals surface area (Å²) >= 11 is 0. The highest BCUT2D eigenvalue weighted by Gasteiger charge is 2.59. The number of nitrogens with one attached hydrogen (secondary N) is 2. The van der Waals surface area contributed by atoms with Gasteiger partial charge in [0, 0.05) is 28.7 Å². The molecule has 1 atom stereocenters. The number of carbonyl (C=O) groups excluding carboxylic acids is 3. The first kappa shape index (κ1) is 23.0. The zero-order valence-corrected chi connectivity index (χ0v) is 21.0. The van der Waals surface area contributed by atoms with Crippen molar-refractivity contribution in [3.8, 4) is 0 Å². The monoisotopic (exact) mass is 492 g/mol. The van der Waals surface area contributed by atoms with Gasteiger partial charge in [0.15, 0.2) is 5.54 Å². The lowest BCUT2D eigenvalue weighted by Crippen LogP contribution is -2.49. The van der Waals surface area contributed by atoms with Crippen molar-refractivity contribution in [2.24, 2.45) is 0 Å². The Morgan fingerprint density at radius 3 is 2.38 bits per heavy atom. The Labute approximate surface area is 215 Å². The maximum Gasteiger partial charge on any atom is 0.332 e. The van der Waals surface area contributed by atoms with Gasteiger partial charge in [-0.25, -0.2) is 9.69 Å². The van der Waals surface area contributed by atoms with Crippen molar-refractivity contribution in [1.82, 2.24) is 9.88 Å². The molecule has 0 radical (unpaired) electrons. The zero-order chi connectivity index (χ0) is 25.9. The summed E-state index contributed by atoms with van der Waals surface area (Å²) < 4.78 is 0. The van der Waals surface area contributed by atoms with E-state index in [4.69, 9.17) is 0 Å². The van der Waals surface area contributed by atoms with Gasteiger partial charge in [-0.15, -0.1) is 0 Å². The quantitative estimate of drug-likeness (QED) is 0.354. The molecule has 6 rings (SSSR count). The average molecular weight is 493 g/mol. The molecule has 1 aromatic heterocycles. The molecule has 7 nitrogen and oxygen atoms in total. The summed E-state index contributed by atoms with van der Waals surface area (Å²) in [5.41, 5.74) is 4.52. The number of urea groups is 1. The molecule has 0 spiro atoms. The van der Waals surface area contributed by atoms with Gasteiger partial charge in [0.2, 0.25) is 0 Å². The zero-order valence-electron chi connectivity index (χ0n) is 21.0. The van der Waals surface area contributed by atoms with Crippen molar-refractivity contribution < 1.29 is 14.4 Å².